The Bertz CT molecular complexity index is 136. The van der Waals surface area contributed by atoms with Gasteiger partial charge in [0.1, 0.15) is 0 Å². The van der Waals surface area contributed by atoms with Gasteiger partial charge in [-0.15, -0.1) is 5.73 Å². The molecule has 0 heterocycles. The minimum atomic E-state index is 0.650. The fourth-order valence-electron chi connectivity index (χ4n) is 1.06. The Morgan fingerprint density at radius 1 is 1.40 bits per heavy atom. The molecular weight excluding hydrogens is 120 g/mol. The van der Waals surface area contributed by atoms with Crippen LogP contribution in [0, 0.1) is 11.8 Å². The minimum Gasteiger partial charge on any atom is -0.130 e. The fourth-order valence-corrected chi connectivity index (χ4v) is 1.06. The SMILES string of the molecule is C=C=C(C)C(C)CC(C)C. The average molecular weight is 138 g/mol. The lowest BCUT2D eigenvalue weighted by molar-refractivity contribution is 0.486. The van der Waals surface area contributed by atoms with Crippen molar-refractivity contribution in [2.24, 2.45) is 11.8 Å². The Labute approximate surface area is 64.6 Å². The van der Waals surface area contributed by atoms with E-state index in [4.69, 9.17) is 0 Å². The van der Waals surface area contributed by atoms with E-state index in [1.807, 2.05) is 0 Å². The molecule has 0 aliphatic rings. The van der Waals surface area contributed by atoms with Gasteiger partial charge in [0.15, 0.2) is 0 Å². The Morgan fingerprint density at radius 2 is 1.90 bits per heavy atom. The second kappa shape index (κ2) is 4.35. The molecule has 0 amide bonds. The summed E-state index contributed by atoms with van der Waals surface area (Å²) < 4.78 is 0. The zero-order chi connectivity index (χ0) is 8.15. The van der Waals surface area contributed by atoms with Crippen LogP contribution in [-0.2, 0) is 0 Å². The predicted molar refractivity (Wildman–Crippen MR) is 46.9 cm³/mol. The van der Waals surface area contributed by atoms with Crippen LogP contribution in [0.25, 0.3) is 0 Å². The van der Waals surface area contributed by atoms with Crippen LogP contribution in [0.4, 0.5) is 0 Å². The third-order valence-electron chi connectivity index (χ3n) is 1.84. The summed E-state index contributed by atoms with van der Waals surface area (Å²) in [7, 11) is 0. The van der Waals surface area contributed by atoms with Gasteiger partial charge in [-0.25, -0.2) is 0 Å². The molecule has 10 heavy (non-hydrogen) atoms. The Hall–Kier alpha value is -0.480. The zero-order valence-corrected chi connectivity index (χ0v) is 7.57. The fraction of sp³-hybridized carbons (Fsp3) is 0.700. The van der Waals surface area contributed by atoms with Crippen molar-refractivity contribution >= 4 is 0 Å². The summed E-state index contributed by atoms with van der Waals surface area (Å²) in [5.41, 5.74) is 4.22. The van der Waals surface area contributed by atoms with E-state index < -0.39 is 0 Å². The highest BCUT2D eigenvalue weighted by Crippen LogP contribution is 2.17. The van der Waals surface area contributed by atoms with E-state index in [9.17, 15) is 0 Å². The number of hydrogen-bond donors (Lipinski definition) is 0. The molecule has 0 bridgehead atoms. The van der Waals surface area contributed by atoms with E-state index >= 15 is 0 Å². The first-order chi connectivity index (χ1) is 4.57. The minimum absolute atomic E-state index is 0.650. The maximum absolute atomic E-state index is 3.63. The van der Waals surface area contributed by atoms with Crippen molar-refractivity contribution in [1.82, 2.24) is 0 Å². The molecule has 0 rings (SSSR count). The molecule has 0 nitrogen and oxygen atoms in total. The highest BCUT2D eigenvalue weighted by molar-refractivity contribution is 4.98. The summed E-state index contributed by atoms with van der Waals surface area (Å²) in [5, 5.41) is 0. The maximum atomic E-state index is 3.63. The molecule has 1 unspecified atom stereocenters. The van der Waals surface area contributed by atoms with Gasteiger partial charge in [0.2, 0.25) is 0 Å². The van der Waals surface area contributed by atoms with Crippen LogP contribution < -0.4 is 0 Å². The lowest BCUT2D eigenvalue weighted by Crippen LogP contribution is -2.00. The van der Waals surface area contributed by atoms with Crippen LogP contribution in [0.5, 0.6) is 0 Å². The van der Waals surface area contributed by atoms with Gasteiger partial charge >= 0.3 is 0 Å². The van der Waals surface area contributed by atoms with Crippen LogP contribution in [0.1, 0.15) is 34.1 Å². The van der Waals surface area contributed by atoms with Crippen molar-refractivity contribution in [2.75, 3.05) is 0 Å². The van der Waals surface area contributed by atoms with Gasteiger partial charge in [-0.1, -0.05) is 27.4 Å². The van der Waals surface area contributed by atoms with Gasteiger partial charge in [-0.3, -0.25) is 0 Å². The molecule has 0 saturated heterocycles. The standard InChI is InChI=1S/C10H18/c1-6-9(4)10(5)7-8(2)3/h8,10H,1,7H2,2-5H3. The van der Waals surface area contributed by atoms with E-state index in [1.165, 1.54) is 12.0 Å². The van der Waals surface area contributed by atoms with Gasteiger partial charge in [0, 0.05) is 0 Å². The van der Waals surface area contributed by atoms with E-state index in [-0.39, 0.29) is 0 Å². The molecule has 0 N–H and O–H groups in total. The smallest absolute Gasteiger partial charge is 0.0156 e. The molecule has 0 aliphatic heterocycles. The van der Waals surface area contributed by atoms with Crippen molar-refractivity contribution < 1.29 is 0 Å². The molecule has 0 aromatic heterocycles. The van der Waals surface area contributed by atoms with Gasteiger partial charge in [-0.05, 0) is 30.8 Å². The molecule has 0 aromatic rings. The summed E-state index contributed by atoms with van der Waals surface area (Å²) in [6.45, 7) is 12.4. The Balaban J connectivity index is 3.85. The van der Waals surface area contributed by atoms with Crippen molar-refractivity contribution in [1.29, 1.82) is 0 Å². The monoisotopic (exact) mass is 138 g/mol. The van der Waals surface area contributed by atoms with Gasteiger partial charge < -0.3 is 0 Å². The summed E-state index contributed by atoms with van der Waals surface area (Å²) in [6.07, 6.45) is 1.24. The van der Waals surface area contributed by atoms with Gasteiger partial charge in [0.05, 0.1) is 0 Å². The highest BCUT2D eigenvalue weighted by Gasteiger charge is 2.05. The van der Waals surface area contributed by atoms with E-state index in [0.717, 1.165) is 5.92 Å². The molecule has 1 atom stereocenters. The van der Waals surface area contributed by atoms with Crippen LogP contribution in [0.3, 0.4) is 0 Å². The second-order valence-electron chi connectivity index (χ2n) is 3.39. The Kier molecular flexibility index (Phi) is 4.14. The third kappa shape index (κ3) is 3.53. The number of allylic oxidation sites excluding steroid dienone is 1. The van der Waals surface area contributed by atoms with Gasteiger partial charge in [0.25, 0.3) is 0 Å². The lowest BCUT2D eigenvalue weighted by Gasteiger charge is -2.12. The summed E-state index contributed by atoms with van der Waals surface area (Å²) in [6, 6.07) is 0. The van der Waals surface area contributed by atoms with Crippen LogP contribution in [0.2, 0.25) is 0 Å². The molecule has 0 heteroatoms. The molecule has 0 radical (unpaired) electrons. The first-order valence-electron chi connectivity index (χ1n) is 3.94. The molecule has 0 saturated carbocycles. The quantitative estimate of drug-likeness (QED) is 0.524. The number of rotatable bonds is 3. The second-order valence-corrected chi connectivity index (χ2v) is 3.39. The molecule has 0 spiro atoms. The summed E-state index contributed by atoms with van der Waals surface area (Å²) in [4.78, 5) is 0. The molecule has 0 aliphatic carbocycles. The van der Waals surface area contributed by atoms with Crippen LogP contribution in [-0.4, -0.2) is 0 Å². The largest absolute Gasteiger partial charge is 0.130 e. The van der Waals surface area contributed by atoms with Crippen molar-refractivity contribution in [3.05, 3.63) is 17.9 Å². The molecule has 0 aromatic carbocycles. The van der Waals surface area contributed by atoms with E-state index in [1.54, 1.807) is 0 Å². The number of hydrogen-bond acceptors (Lipinski definition) is 0. The first-order valence-corrected chi connectivity index (χ1v) is 3.94. The zero-order valence-electron chi connectivity index (χ0n) is 7.57. The Morgan fingerprint density at radius 3 is 2.20 bits per heavy atom. The van der Waals surface area contributed by atoms with Crippen molar-refractivity contribution in [2.45, 2.75) is 34.1 Å². The normalized spacial score (nSPS) is 12.9. The summed E-state index contributed by atoms with van der Waals surface area (Å²) >= 11 is 0. The first kappa shape index (κ1) is 9.52. The molecule has 58 valence electrons. The van der Waals surface area contributed by atoms with E-state index in [2.05, 4.69) is 40.0 Å². The lowest BCUT2D eigenvalue weighted by atomic mass is 9.93. The van der Waals surface area contributed by atoms with Gasteiger partial charge in [-0.2, -0.15) is 0 Å². The third-order valence-corrected chi connectivity index (χ3v) is 1.84. The van der Waals surface area contributed by atoms with Crippen LogP contribution >= 0.6 is 0 Å². The molecular formula is C10H18. The average Bonchev–Trinajstić information content (AvgIpc) is 1.85. The summed E-state index contributed by atoms with van der Waals surface area (Å²) in [5.74, 6) is 1.43. The molecule has 0 fully saturated rings. The van der Waals surface area contributed by atoms with Crippen molar-refractivity contribution in [3.63, 3.8) is 0 Å². The van der Waals surface area contributed by atoms with Crippen molar-refractivity contribution in [3.8, 4) is 0 Å². The predicted octanol–water partition coefficient (Wildman–Crippen LogP) is 3.40. The topological polar surface area (TPSA) is 0 Å². The van der Waals surface area contributed by atoms with Crippen LogP contribution in [0.15, 0.2) is 17.9 Å². The van der Waals surface area contributed by atoms with E-state index in [0.29, 0.717) is 5.92 Å². The highest BCUT2D eigenvalue weighted by atomic mass is 14.1. The maximum Gasteiger partial charge on any atom is -0.0156 e.